The number of nitrogens with one attached hydrogen (secondary N) is 2. The summed E-state index contributed by atoms with van der Waals surface area (Å²) in [6, 6.07) is 3.86. The van der Waals surface area contributed by atoms with E-state index in [1.165, 1.54) is 0 Å². The van der Waals surface area contributed by atoms with Gasteiger partial charge < -0.3 is 5.32 Å². The monoisotopic (exact) mass is 271 g/mol. The molecule has 1 atom stereocenters. The third-order valence-electron chi connectivity index (χ3n) is 2.52. The van der Waals surface area contributed by atoms with Gasteiger partial charge in [-0.05, 0) is 31.9 Å². The molecule has 0 fully saturated rings. The largest absolute Gasteiger partial charge is 0.381 e. The molecule has 0 amide bonds. The number of nitrogens with zero attached hydrogens (tertiary/aromatic N) is 1. The lowest BCUT2D eigenvalue weighted by molar-refractivity contribution is 0.599. The average Bonchev–Trinajstić information content (AvgIpc) is 2.31. The van der Waals surface area contributed by atoms with E-state index in [-0.39, 0.29) is 5.75 Å². The van der Waals surface area contributed by atoms with Gasteiger partial charge in [-0.15, -0.1) is 0 Å². The highest BCUT2D eigenvalue weighted by Crippen LogP contribution is 2.13. The number of sulfonamides is 1. The highest BCUT2D eigenvalue weighted by atomic mass is 32.2. The maximum atomic E-state index is 11.5. The summed E-state index contributed by atoms with van der Waals surface area (Å²) in [5.74, 6) is 0.472. The van der Waals surface area contributed by atoms with Crippen molar-refractivity contribution < 1.29 is 8.42 Å². The Labute approximate surface area is 109 Å². The smallest absolute Gasteiger partial charge is 0.233 e. The van der Waals surface area contributed by atoms with Crippen molar-refractivity contribution in [2.75, 3.05) is 15.8 Å². The number of rotatable bonds is 7. The molecule has 1 rings (SSSR count). The summed E-state index contributed by atoms with van der Waals surface area (Å²) in [6.45, 7) is 6.00. The second-order valence-corrected chi connectivity index (χ2v) is 6.15. The van der Waals surface area contributed by atoms with Gasteiger partial charge in [-0.1, -0.05) is 13.8 Å². The van der Waals surface area contributed by atoms with Crippen molar-refractivity contribution in [2.24, 2.45) is 0 Å². The van der Waals surface area contributed by atoms with E-state index >= 15 is 0 Å². The summed E-state index contributed by atoms with van der Waals surface area (Å²) in [6.07, 6.45) is 3.24. The predicted octanol–water partition coefficient (Wildman–Crippen LogP) is 2.44. The summed E-state index contributed by atoms with van der Waals surface area (Å²) < 4.78 is 25.5. The molecule has 1 heterocycles. The molecule has 1 aromatic heterocycles. The number of hydrogen-bond donors (Lipinski definition) is 2. The van der Waals surface area contributed by atoms with Crippen LogP contribution < -0.4 is 10.0 Å². The van der Waals surface area contributed by atoms with Crippen LogP contribution in [0.1, 0.15) is 33.6 Å². The predicted molar refractivity (Wildman–Crippen MR) is 75.3 cm³/mol. The minimum Gasteiger partial charge on any atom is -0.381 e. The van der Waals surface area contributed by atoms with Crippen LogP contribution in [0.15, 0.2) is 18.3 Å². The molecular formula is C12H21N3O2S. The first-order valence-electron chi connectivity index (χ1n) is 6.20. The summed E-state index contributed by atoms with van der Waals surface area (Å²) in [7, 11) is -3.26. The second kappa shape index (κ2) is 6.58. The van der Waals surface area contributed by atoms with Gasteiger partial charge in [0.05, 0.1) is 17.6 Å². The Hall–Kier alpha value is -1.30. The molecule has 18 heavy (non-hydrogen) atoms. The van der Waals surface area contributed by atoms with E-state index in [2.05, 4.69) is 28.9 Å². The molecule has 0 aromatic carbocycles. The van der Waals surface area contributed by atoms with Gasteiger partial charge in [0.15, 0.2) is 0 Å². The maximum Gasteiger partial charge on any atom is 0.233 e. The first-order valence-corrected chi connectivity index (χ1v) is 7.85. The van der Waals surface area contributed by atoms with Crippen LogP contribution in [0.5, 0.6) is 0 Å². The van der Waals surface area contributed by atoms with Crippen molar-refractivity contribution in [3.63, 3.8) is 0 Å². The zero-order chi connectivity index (χ0) is 13.6. The van der Waals surface area contributed by atoms with E-state index in [0.717, 1.165) is 12.1 Å². The fraction of sp³-hybridized carbons (Fsp3) is 0.583. The standard InChI is InChI=1S/C12H21N3O2S/c1-4-8-18(16,17)15-12-7-6-11(9-13-12)14-10(3)5-2/h6-7,9-10,14H,4-5,8H2,1-3H3,(H,13,15). The Bertz CT molecular complexity index is 457. The Morgan fingerprint density at radius 3 is 2.56 bits per heavy atom. The van der Waals surface area contributed by atoms with Crippen LogP contribution in [0.2, 0.25) is 0 Å². The van der Waals surface area contributed by atoms with Crippen LogP contribution in [0.3, 0.4) is 0 Å². The van der Waals surface area contributed by atoms with Gasteiger partial charge in [0.1, 0.15) is 5.82 Å². The van der Waals surface area contributed by atoms with Crippen LogP contribution in [0.25, 0.3) is 0 Å². The van der Waals surface area contributed by atoms with Crippen molar-refractivity contribution in [3.05, 3.63) is 18.3 Å². The van der Waals surface area contributed by atoms with Gasteiger partial charge >= 0.3 is 0 Å². The molecule has 2 N–H and O–H groups in total. The van der Waals surface area contributed by atoms with Crippen LogP contribution in [-0.2, 0) is 10.0 Å². The van der Waals surface area contributed by atoms with Gasteiger partial charge in [0.25, 0.3) is 0 Å². The van der Waals surface area contributed by atoms with Crippen molar-refractivity contribution in [1.29, 1.82) is 0 Å². The van der Waals surface area contributed by atoms with Crippen LogP contribution >= 0.6 is 0 Å². The molecular weight excluding hydrogens is 250 g/mol. The van der Waals surface area contributed by atoms with Crippen molar-refractivity contribution in [1.82, 2.24) is 4.98 Å². The number of anilines is 2. The molecule has 1 unspecified atom stereocenters. The van der Waals surface area contributed by atoms with Crippen molar-refractivity contribution in [3.8, 4) is 0 Å². The molecule has 1 aromatic rings. The Kier molecular flexibility index (Phi) is 5.40. The zero-order valence-corrected chi connectivity index (χ0v) is 11.9. The number of aromatic nitrogens is 1. The van der Waals surface area contributed by atoms with Crippen LogP contribution in [-0.4, -0.2) is 25.2 Å². The molecule has 0 radical (unpaired) electrons. The second-order valence-electron chi connectivity index (χ2n) is 4.31. The maximum absolute atomic E-state index is 11.5. The number of pyridine rings is 1. The summed E-state index contributed by atoms with van der Waals surface area (Å²) in [5, 5.41) is 3.27. The molecule has 0 aliphatic heterocycles. The SMILES string of the molecule is CCCS(=O)(=O)Nc1ccc(NC(C)CC)cn1. The molecule has 6 heteroatoms. The summed E-state index contributed by atoms with van der Waals surface area (Å²) >= 11 is 0. The summed E-state index contributed by atoms with van der Waals surface area (Å²) in [4.78, 5) is 4.08. The van der Waals surface area contributed by atoms with E-state index in [1.807, 2.05) is 13.0 Å². The van der Waals surface area contributed by atoms with E-state index < -0.39 is 10.0 Å². The molecule has 0 aliphatic rings. The third-order valence-corrected chi connectivity index (χ3v) is 3.99. The summed E-state index contributed by atoms with van der Waals surface area (Å²) in [5.41, 5.74) is 0.891. The van der Waals surface area contributed by atoms with E-state index in [4.69, 9.17) is 0 Å². The quantitative estimate of drug-likeness (QED) is 0.799. The Morgan fingerprint density at radius 1 is 1.33 bits per heavy atom. The average molecular weight is 271 g/mol. The molecule has 0 saturated heterocycles. The fourth-order valence-corrected chi connectivity index (χ4v) is 2.48. The molecule has 0 bridgehead atoms. The van der Waals surface area contributed by atoms with Gasteiger partial charge in [0.2, 0.25) is 10.0 Å². The van der Waals surface area contributed by atoms with E-state index in [9.17, 15) is 8.42 Å². The third kappa shape index (κ3) is 4.91. The van der Waals surface area contributed by atoms with Gasteiger partial charge in [0, 0.05) is 6.04 Å². The van der Waals surface area contributed by atoms with Gasteiger partial charge in [-0.3, -0.25) is 4.72 Å². The molecule has 0 spiro atoms. The normalized spacial score (nSPS) is 13.1. The first-order chi connectivity index (χ1) is 8.46. The molecule has 5 nitrogen and oxygen atoms in total. The van der Waals surface area contributed by atoms with E-state index in [0.29, 0.717) is 18.3 Å². The van der Waals surface area contributed by atoms with Crippen molar-refractivity contribution >= 4 is 21.5 Å². The Morgan fingerprint density at radius 2 is 2.06 bits per heavy atom. The lowest BCUT2D eigenvalue weighted by Gasteiger charge is -2.13. The topological polar surface area (TPSA) is 71.1 Å². The van der Waals surface area contributed by atoms with Crippen LogP contribution in [0, 0.1) is 0 Å². The lowest BCUT2D eigenvalue weighted by Crippen LogP contribution is -2.17. The molecule has 0 aliphatic carbocycles. The molecule has 102 valence electrons. The van der Waals surface area contributed by atoms with Crippen molar-refractivity contribution in [2.45, 2.75) is 39.7 Å². The minimum absolute atomic E-state index is 0.113. The minimum atomic E-state index is -3.26. The lowest BCUT2D eigenvalue weighted by atomic mass is 10.2. The van der Waals surface area contributed by atoms with Gasteiger partial charge in [-0.25, -0.2) is 13.4 Å². The molecule has 0 saturated carbocycles. The first kappa shape index (κ1) is 14.8. The van der Waals surface area contributed by atoms with Gasteiger partial charge in [-0.2, -0.15) is 0 Å². The highest BCUT2D eigenvalue weighted by molar-refractivity contribution is 7.92. The van der Waals surface area contributed by atoms with Crippen LogP contribution in [0.4, 0.5) is 11.5 Å². The number of hydrogen-bond acceptors (Lipinski definition) is 4. The fourth-order valence-electron chi connectivity index (χ4n) is 1.41. The van der Waals surface area contributed by atoms with E-state index in [1.54, 1.807) is 12.3 Å². The highest BCUT2D eigenvalue weighted by Gasteiger charge is 2.09. The zero-order valence-electron chi connectivity index (χ0n) is 11.1. The Balaban J connectivity index is 2.66.